The van der Waals surface area contributed by atoms with E-state index in [4.69, 9.17) is 18.9 Å². The van der Waals surface area contributed by atoms with Gasteiger partial charge in [-0.05, 0) is 49.7 Å². The van der Waals surface area contributed by atoms with Gasteiger partial charge in [-0.15, -0.1) is 0 Å². The van der Waals surface area contributed by atoms with E-state index in [1.165, 1.54) is 11.1 Å². The average molecular weight is 373 g/mol. The Bertz CT molecular complexity index is 817. The van der Waals surface area contributed by atoms with E-state index in [-0.39, 0.29) is 23.2 Å². The molecule has 3 aliphatic rings. The summed E-state index contributed by atoms with van der Waals surface area (Å²) in [7, 11) is 8.64. The van der Waals surface area contributed by atoms with Crippen LogP contribution in [0.1, 0.15) is 24.0 Å². The number of likely N-dealkylation sites (N-methyl/N-ethyl adjacent to an activating group) is 1. The molecule has 1 fully saturated rings. The van der Waals surface area contributed by atoms with Crippen molar-refractivity contribution in [2.45, 2.75) is 30.7 Å². The number of allylic oxidation sites excluding steroid dienone is 1. The predicted molar refractivity (Wildman–Crippen MR) is 100 cm³/mol. The minimum Gasteiger partial charge on any atom is -0.497 e. The molecule has 0 spiro atoms. The average Bonchev–Trinajstić information content (AvgIpc) is 2.68. The lowest BCUT2D eigenvalue weighted by Gasteiger charge is -2.57. The Balaban J connectivity index is 1.98. The summed E-state index contributed by atoms with van der Waals surface area (Å²) in [6.07, 6.45) is 2.19. The van der Waals surface area contributed by atoms with Crippen LogP contribution in [0.4, 0.5) is 0 Å². The number of fused-ring (bicyclic) bond motifs is 1. The van der Waals surface area contributed by atoms with E-state index < -0.39 is 0 Å². The molecule has 1 saturated heterocycles. The molecule has 0 N–H and O–H groups in total. The first-order chi connectivity index (χ1) is 13.0. The Morgan fingerprint density at radius 2 is 1.74 bits per heavy atom. The first-order valence-corrected chi connectivity index (χ1v) is 9.31. The van der Waals surface area contributed by atoms with Crippen molar-refractivity contribution in [1.29, 1.82) is 0 Å². The molecule has 3 atom stereocenters. The minimum atomic E-state index is -0.297. The molecule has 6 heteroatoms. The SMILES string of the molecule is COC1=C(OC)C2[C@H]3Cc4cc(OC)c(OC)cc4[C@@]2(CCN3C)CC1=O. The smallest absolute Gasteiger partial charge is 0.201 e. The van der Waals surface area contributed by atoms with E-state index in [1.54, 1.807) is 28.4 Å². The third-order valence-corrected chi connectivity index (χ3v) is 6.69. The summed E-state index contributed by atoms with van der Waals surface area (Å²) in [5.41, 5.74) is 2.12. The van der Waals surface area contributed by atoms with Gasteiger partial charge in [-0.3, -0.25) is 4.79 Å². The van der Waals surface area contributed by atoms with E-state index in [1.807, 2.05) is 0 Å². The van der Waals surface area contributed by atoms with Gasteiger partial charge in [0, 0.05) is 23.8 Å². The fraction of sp³-hybridized carbons (Fsp3) is 0.571. The highest BCUT2D eigenvalue weighted by atomic mass is 16.5. The lowest BCUT2D eigenvalue weighted by molar-refractivity contribution is -0.125. The molecule has 1 heterocycles. The number of carbonyl (C=O) groups excluding carboxylic acids is 1. The van der Waals surface area contributed by atoms with Crippen LogP contribution < -0.4 is 9.47 Å². The zero-order valence-electron chi connectivity index (χ0n) is 16.6. The standard InChI is InChI=1S/C21H27NO5/c1-22-7-6-21-11-15(23)19(26-4)20(27-5)18(21)14(22)8-12-9-16(24-2)17(25-3)10-13(12)21/h9-10,14,18H,6-8,11H2,1-5H3/t14-,18?,21-/m1/s1. The summed E-state index contributed by atoms with van der Waals surface area (Å²) in [5, 5.41) is 0. The van der Waals surface area contributed by atoms with E-state index >= 15 is 0 Å². The van der Waals surface area contributed by atoms with Gasteiger partial charge < -0.3 is 23.8 Å². The molecule has 2 bridgehead atoms. The van der Waals surface area contributed by atoms with Crippen LogP contribution >= 0.6 is 0 Å². The van der Waals surface area contributed by atoms with Gasteiger partial charge in [0.2, 0.25) is 5.78 Å². The number of likely N-dealkylation sites (tertiary alicyclic amines) is 1. The van der Waals surface area contributed by atoms with Crippen LogP contribution in [0.25, 0.3) is 0 Å². The number of hydrogen-bond acceptors (Lipinski definition) is 6. The summed E-state index contributed by atoms with van der Waals surface area (Å²) in [4.78, 5) is 15.4. The summed E-state index contributed by atoms with van der Waals surface area (Å²) >= 11 is 0. The molecule has 0 radical (unpaired) electrons. The Kier molecular flexibility index (Phi) is 4.34. The largest absolute Gasteiger partial charge is 0.497 e. The van der Waals surface area contributed by atoms with Gasteiger partial charge in [-0.2, -0.15) is 0 Å². The van der Waals surface area contributed by atoms with E-state index in [2.05, 4.69) is 24.1 Å². The number of nitrogens with zero attached hydrogens (tertiary/aromatic N) is 1. The third kappa shape index (κ3) is 2.39. The highest BCUT2D eigenvalue weighted by Gasteiger charge is 2.59. The first-order valence-electron chi connectivity index (χ1n) is 9.31. The van der Waals surface area contributed by atoms with Gasteiger partial charge in [0.05, 0.1) is 28.4 Å². The maximum Gasteiger partial charge on any atom is 0.201 e. The Morgan fingerprint density at radius 1 is 1.04 bits per heavy atom. The summed E-state index contributed by atoms with van der Waals surface area (Å²) in [6.45, 7) is 0.946. The van der Waals surface area contributed by atoms with Crippen LogP contribution in [0.2, 0.25) is 0 Å². The molecule has 1 aromatic rings. The van der Waals surface area contributed by atoms with Crippen LogP contribution in [0.5, 0.6) is 11.5 Å². The number of benzene rings is 1. The molecule has 6 nitrogen and oxygen atoms in total. The molecule has 146 valence electrons. The van der Waals surface area contributed by atoms with Crippen molar-refractivity contribution in [1.82, 2.24) is 4.90 Å². The van der Waals surface area contributed by atoms with Crippen LogP contribution in [0, 0.1) is 5.92 Å². The van der Waals surface area contributed by atoms with Crippen molar-refractivity contribution in [2.24, 2.45) is 5.92 Å². The molecule has 27 heavy (non-hydrogen) atoms. The number of carbonyl (C=O) groups is 1. The molecule has 0 amide bonds. The van der Waals surface area contributed by atoms with Gasteiger partial charge in [0.15, 0.2) is 17.3 Å². The van der Waals surface area contributed by atoms with Crippen molar-refractivity contribution in [3.05, 3.63) is 34.8 Å². The van der Waals surface area contributed by atoms with Gasteiger partial charge in [0.1, 0.15) is 5.76 Å². The Morgan fingerprint density at radius 3 is 2.37 bits per heavy atom. The second-order valence-electron chi connectivity index (χ2n) is 7.70. The van der Waals surface area contributed by atoms with Crippen molar-refractivity contribution in [2.75, 3.05) is 42.0 Å². The van der Waals surface area contributed by atoms with E-state index in [0.717, 1.165) is 25.1 Å². The van der Waals surface area contributed by atoms with Gasteiger partial charge >= 0.3 is 0 Å². The van der Waals surface area contributed by atoms with Crippen LogP contribution in [0.15, 0.2) is 23.7 Å². The molecule has 1 aliphatic heterocycles. The number of rotatable bonds is 4. The first kappa shape index (κ1) is 18.2. The predicted octanol–water partition coefficient (Wildman–Crippen LogP) is 2.30. The van der Waals surface area contributed by atoms with Crippen LogP contribution in [-0.4, -0.2) is 58.8 Å². The van der Waals surface area contributed by atoms with Gasteiger partial charge in [-0.1, -0.05) is 0 Å². The zero-order chi connectivity index (χ0) is 19.3. The summed E-state index contributed by atoms with van der Waals surface area (Å²) < 4.78 is 22.3. The normalized spacial score (nSPS) is 29.7. The fourth-order valence-corrected chi connectivity index (χ4v) is 5.47. The third-order valence-electron chi connectivity index (χ3n) is 6.69. The second-order valence-corrected chi connectivity index (χ2v) is 7.70. The van der Waals surface area contributed by atoms with Crippen molar-refractivity contribution >= 4 is 5.78 Å². The van der Waals surface area contributed by atoms with E-state index in [9.17, 15) is 4.79 Å². The van der Waals surface area contributed by atoms with Crippen LogP contribution in [0.3, 0.4) is 0 Å². The molecule has 1 aromatic carbocycles. The van der Waals surface area contributed by atoms with Gasteiger partial charge in [-0.25, -0.2) is 0 Å². The number of ether oxygens (including phenoxy) is 4. The summed E-state index contributed by atoms with van der Waals surface area (Å²) in [5.74, 6) is 2.59. The number of Topliss-reactive ketones (excluding diaryl/α,β-unsaturated/α-hetero) is 1. The van der Waals surface area contributed by atoms with Crippen molar-refractivity contribution in [3.63, 3.8) is 0 Å². The number of methoxy groups -OCH3 is 4. The molecule has 2 aliphatic carbocycles. The molecule has 1 unspecified atom stereocenters. The molecule has 0 saturated carbocycles. The van der Waals surface area contributed by atoms with Gasteiger partial charge in [0.25, 0.3) is 0 Å². The minimum absolute atomic E-state index is 0.0107. The number of ketones is 1. The molecule has 0 aromatic heterocycles. The number of piperidine rings is 1. The lowest BCUT2D eigenvalue weighted by Crippen LogP contribution is -2.61. The van der Waals surface area contributed by atoms with Crippen molar-refractivity contribution in [3.8, 4) is 11.5 Å². The Hall–Kier alpha value is -2.21. The maximum absolute atomic E-state index is 13.0. The second kappa shape index (κ2) is 6.44. The zero-order valence-corrected chi connectivity index (χ0v) is 16.6. The van der Waals surface area contributed by atoms with E-state index in [0.29, 0.717) is 23.7 Å². The topological polar surface area (TPSA) is 57.2 Å². The quantitative estimate of drug-likeness (QED) is 0.807. The fourth-order valence-electron chi connectivity index (χ4n) is 5.47. The molecular weight excluding hydrogens is 346 g/mol. The highest BCUT2D eigenvalue weighted by molar-refractivity contribution is 5.96. The Labute approximate surface area is 160 Å². The van der Waals surface area contributed by atoms with Crippen molar-refractivity contribution < 1.29 is 23.7 Å². The maximum atomic E-state index is 13.0. The van der Waals surface area contributed by atoms with Crippen LogP contribution in [-0.2, 0) is 26.1 Å². The number of hydrogen-bond donors (Lipinski definition) is 0. The lowest BCUT2D eigenvalue weighted by atomic mass is 9.53. The molecule has 4 rings (SSSR count). The summed E-state index contributed by atoms with van der Waals surface area (Å²) in [6, 6.07) is 4.39. The highest BCUT2D eigenvalue weighted by Crippen LogP contribution is 2.57. The molecular formula is C21H27NO5. The monoisotopic (exact) mass is 373 g/mol.